The van der Waals surface area contributed by atoms with Crippen LogP contribution >= 0.6 is 0 Å². The van der Waals surface area contributed by atoms with Gasteiger partial charge in [-0.3, -0.25) is 4.79 Å². The third kappa shape index (κ3) is 5.70. The van der Waals surface area contributed by atoms with Crippen LogP contribution in [0.3, 0.4) is 0 Å². The molecule has 76 valence electrons. The van der Waals surface area contributed by atoms with Gasteiger partial charge >= 0.3 is 11.9 Å². The van der Waals surface area contributed by atoms with Gasteiger partial charge in [0.1, 0.15) is 0 Å². The standard InChI is InChI=1S/C9H10O5/c1-13-8(11)5-3-7(10)4-6-9(12)14-2/h3-6H,1-2H3/b5-3+,6-4+. The average molecular weight is 198 g/mol. The molecule has 0 amide bonds. The van der Waals surface area contributed by atoms with Crippen LogP contribution in [0.2, 0.25) is 0 Å². The molecule has 0 saturated carbocycles. The summed E-state index contributed by atoms with van der Waals surface area (Å²) in [4.78, 5) is 32.0. The molecule has 0 rings (SSSR count). The SMILES string of the molecule is COC(=O)/C=C/C(=O)/C=C/C(=O)OC. The largest absolute Gasteiger partial charge is 0.466 e. The maximum atomic E-state index is 10.9. The molecule has 0 spiro atoms. The van der Waals surface area contributed by atoms with Crippen LogP contribution < -0.4 is 0 Å². The molecule has 0 aromatic rings. The zero-order chi connectivity index (χ0) is 11.0. The minimum Gasteiger partial charge on any atom is -0.466 e. The van der Waals surface area contributed by atoms with Gasteiger partial charge < -0.3 is 9.47 Å². The molecule has 0 saturated heterocycles. The Kier molecular flexibility index (Phi) is 5.69. The molecule has 0 aliphatic heterocycles. The van der Waals surface area contributed by atoms with Gasteiger partial charge in [0.25, 0.3) is 0 Å². The van der Waals surface area contributed by atoms with Crippen molar-refractivity contribution in [1.29, 1.82) is 0 Å². The summed E-state index contributed by atoms with van der Waals surface area (Å²) < 4.78 is 8.51. The maximum absolute atomic E-state index is 10.9. The van der Waals surface area contributed by atoms with Crippen LogP contribution in [0.25, 0.3) is 0 Å². The van der Waals surface area contributed by atoms with Crippen LogP contribution in [0.15, 0.2) is 24.3 Å². The molecule has 0 aromatic heterocycles. The highest BCUT2D eigenvalue weighted by atomic mass is 16.5. The van der Waals surface area contributed by atoms with Crippen molar-refractivity contribution in [1.82, 2.24) is 0 Å². The third-order valence-electron chi connectivity index (χ3n) is 1.17. The topological polar surface area (TPSA) is 69.7 Å². The van der Waals surface area contributed by atoms with Gasteiger partial charge in [0.05, 0.1) is 14.2 Å². The van der Waals surface area contributed by atoms with Crippen LogP contribution in [0.5, 0.6) is 0 Å². The van der Waals surface area contributed by atoms with Crippen LogP contribution in [-0.4, -0.2) is 31.9 Å². The normalized spacial score (nSPS) is 10.4. The van der Waals surface area contributed by atoms with Crippen LogP contribution in [-0.2, 0) is 23.9 Å². The second kappa shape index (κ2) is 6.59. The number of esters is 2. The Hall–Kier alpha value is -1.91. The van der Waals surface area contributed by atoms with E-state index in [1.54, 1.807) is 0 Å². The third-order valence-corrected chi connectivity index (χ3v) is 1.17. The van der Waals surface area contributed by atoms with Crippen molar-refractivity contribution in [3.8, 4) is 0 Å². The number of allylic oxidation sites excluding steroid dienone is 2. The summed E-state index contributed by atoms with van der Waals surface area (Å²) in [6, 6.07) is 0. The quantitative estimate of drug-likeness (QED) is 0.470. The number of ketones is 1. The summed E-state index contributed by atoms with van der Waals surface area (Å²) in [7, 11) is 2.39. The van der Waals surface area contributed by atoms with Gasteiger partial charge in [-0.25, -0.2) is 9.59 Å². The Labute approximate surface area is 81.0 Å². The number of rotatable bonds is 4. The van der Waals surface area contributed by atoms with Crippen LogP contribution in [0.1, 0.15) is 0 Å². The Balaban J connectivity index is 4.11. The minimum absolute atomic E-state index is 0.499. The summed E-state index contributed by atoms with van der Waals surface area (Å²) >= 11 is 0. The first-order valence-electron chi connectivity index (χ1n) is 3.66. The zero-order valence-electron chi connectivity index (χ0n) is 7.85. The van der Waals surface area contributed by atoms with Gasteiger partial charge in [-0.15, -0.1) is 0 Å². The molecule has 0 unspecified atom stereocenters. The molecule has 5 heteroatoms. The van der Waals surface area contributed by atoms with Crippen molar-refractivity contribution in [3.05, 3.63) is 24.3 Å². The molecule has 0 fully saturated rings. The maximum Gasteiger partial charge on any atom is 0.330 e. The second-order valence-electron chi connectivity index (χ2n) is 2.12. The predicted molar refractivity (Wildman–Crippen MR) is 47.3 cm³/mol. The number of hydrogen-bond donors (Lipinski definition) is 0. The lowest BCUT2D eigenvalue weighted by molar-refractivity contribution is -0.135. The molecular weight excluding hydrogens is 188 g/mol. The Morgan fingerprint density at radius 3 is 1.43 bits per heavy atom. The monoisotopic (exact) mass is 198 g/mol. The molecular formula is C9H10O5. The summed E-state index contributed by atoms with van der Waals surface area (Å²) in [5, 5.41) is 0. The lowest BCUT2D eigenvalue weighted by Crippen LogP contribution is -1.98. The molecule has 5 nitrogen and oxygen atoms in total. The Morgan fingerprint density at radius 2 is 1.14 bits per heavy atom. The van der Waals surface area contributed by atoms with Gasteiger partial charge in [-0.2, -0.15) is 0 Å². The van der Waals surface area contributed by atoms with Crippen molar-refractivity contribution in [2.24, 2.45) is 0 Å². The first-order chi connectivity index (χ1) is 6.60. The van der Waals surface area contributed by atoms with Crippen molar-refractivity contribution >= 4 is 17.7 Å². The number of methoxy groups -OCH3 is 2. The molecule has 0 aliphatic carbocycles. The highest BCUT2D eigenvalue weighted by Crippen LogP contribution is 1.85. The molecule has 0 N–H and O–H groups in total. The van der Waals surface area contributed by atoms with Crippen molar-refractivity contribution in [3.63, 3.8) is 0 Å². The van der Waals surface area contributed by atoms with Crippen molar-refractivity contribution in [2.75, 3.05) is 14.2 Å². The highest BCUT2D eigenvalue weighted by Gasteiger charge is 1.96. The van der Waals surface area contributed by atoms with Gasteiger partial charge in [0.2, 0.25) is 0 Å². The van der Waals surface area contributed by atoms with Gasteiger partial charge in [-0.05, 0) is 12.2 Å². The van der Waals surface area contributed by atoms with Crippen molar-refractivity contribution < 1.29 is 23.9 Å². The van der Waals surface area contributed by atoms with E-state index in [0.717, 1.165) is 24.3 Å². The molecule has 14 heavy (non-hydrogen) atoms. The zero-order valence-corrected chi connectivity index (χ0v) is 7.85. The minimum atomic E-state index is -0.634. The predicted octanol–water partition coefficient (Wildman–Crippen LogP) is 0.0139. The van der Waals surface area contributed by atoms with E-state index < -0.39 is 17.7 Å². The fourth-order valence-electron chi connectivity index (χ4n) is 0.492. The van der Waals surface area contributed by atoms with Gasteiger partial charge in [-0.1, -0.05) is 0 Å². The second-order valence-corrected chi connectivity index (χ2v) is 2.12. The van der Waals surface area contributed by atoms with E-state index >= 15 is 0 Å². The molecule has 0 bridgehead atoms. The fourth-order valence-corrected chi connectivity index (χ4v) is 0.492. The average Bonchev–Trinajstić information content (AvgIpc) is 2.22. The van der Waals surface area contributed by atoms with E-state index in [-0.39, 0.29) is 0 Å². The molecule has 0 aliphatic rings. The van der Waals surface area contributed by atoms with Gasteiger partial charge in [0.15, 0.2) is 5.78 Å². The molecule has 0 heterocycles. The van der Waals surface area contributed by atoms with E-state index in [1.807, 2.05) is 0 Å². The first kappa shape index (κ1) is 12.1. The van der Waals surface area contributed by atoms with Crippen LogP contribution in [0, 0.1) is 0 Å². The summed E-state index contributed by atoms with van der Waals surface area (Å²) in [5.41, 5.74) is 0. The first-order valence-corrected chi connectivity index (χ1v) is 3.66. The summed E-state index contributed by atoms with van der Waals surface area (Å²) in [6.07, 6.45) is 3.91. The Bertz CT molecular complexity index is 260. The van der Waals surface area contributed by atoms with Gasteiger partial charge in [0, 0.05) is 12.2 Å². The van der Waals surface area contributed by atoms with E-state index in [4.69, 9.17) is 0 Å². The molecule has 0 aromatic carbocycles. The van der Waals surface area contributed by atoms with Crippen LogP contribution in [0.4, 0.5) is 0 Å². The molecule has 0 radical (unpaired) electrons. The number of carbonyl (C=O) groups excluding carboxylic acids is 3. The number of ether oxygens (including phenoxy) is 2. The number of hydrogen-bond acceptors (Lipinski definition) is 5. The van der Waals surface area contributed by atoms with E-state index in [0.29, 0.717) is 0 Å². The highest BCUT2D eigenvalue weighted by molar-refractivity contribution is 6.05. The lowest BCUT2D eigenvalue weighted by Gasteiger charge is -1.88. The number of carbonyl (C=O) groups is 3. The fraction of sp³-hybridized carbons (Fsp3) is 0.222. The van der Waals surface area contributed by atoms with Crippen molar-refractivity contribution in [2.45, 2.75) is 0 Å². The summed E-state index contributed by atoms with van der Waals surface area (Å²) in [5.74, 6) is -1.77. The van der Waals surface area contributed by atoms with E-state index in [1.165, 1.54) is 14.2 Å². The Morgan fingerprint density at radius 1 is 0.786 bits per heavy atom. The molecule has 0 atom stereocenters. The van der Waals surface area contributed by atoms with E-state index in [9.17, 15) is 14.4 Å². The summed E-state index contributed by atoms with van der Waals surface area (Å²) in [6.45, 7) is 0. The lowest BCUT2D eigenvalue weighted by atomic mass is 10.3. The van der Waals surface area contributed by atoms with E-state index in [2.05, 4.69) is 9.47 Å². The smallest absolute Gasteiger partial charge is 0.330 e.